The van der Waals surface area contributed by atoms with Crippen LogP contribution in [0.1, 0.15) is 18.4 Å². The molecule has 0 unspecified atom stereocenters. The Kier molecular flexibility index (Phi) is 3.18. The molecule has 0 aromatic heterocycles. The summed E-state index contributed by atoms with van der Waals surface area (Å²) in [4.78, 5) is 13.1. The fraction of sp³-hybridized carbons (Fsp3) is 0.308. The molecule has 0 atom stereocenters. The van der Waals surface area contributed by atoms with Crippen LogP contribution in [-0.2, 0) is 4.79 Å². The molecule has 0 aliphatic carbocycles. The Morgan fingerprint density at radius 3 is 2.40 bits per heavy atom. The van der Waals surface area contributed by atoms with Gasteiger partial charge < -0.3 is 4.90 Å². The van der Waals surface area contributed by atoms with Gasteiger partial charge in [-0.1, -0.05) is 30.3 Å². The van der Waals surface area contributed by atoms with Crippen LogP contribution in [0.25, 0.3) is 6.08 Å². The molecule has 15 heavy (non-hydrogen) atoms. The summed E-state index contributed by atoms with van der Waals surface area (Å²) in [5, 5.41) is 0. The van der Waals surface area contributed by atoms with Gasteiger partial charge in [-0.05, 0) is 24.5 Å². The van der Waals surface area contributed by atoms with Gasteiger partial charge in [0.2, 0.25) is 0 Å². The second-order valence-corrected chi connectivity index (χ2v) is 3.79. The van der Waals surface area contributed by atoms with Crippen molar-refractivity contribution in [2.75, 3.05) is 13.1 Å². The summed E-state index contributed by atoms with van der Waals surface area (Å²) in [5.41, 5.74) is 1.89. The molecule has 1 fully saturated rings. The van der Waals surface area contributed by atoms with Crippen LogP contribution in [0.2, 0.25) is 0 Å². The van der Waals surface area contributed by atoms with E-state index in [1.165, 1.54) is 12.8 Å². The molecule has 0 spiro atoms. The summed E-state index contributed by atoms with van der Waals surface area (Å²) in [6.45, 7) is 2.02. The van der Waals surface area contributed by atoms with E-state index >= 15 is 0 Å². The van der Waals surface area contributed by atoms with Crippen molar-refractivity contribution in [2.45, 2.75) is 12.8 Å². The smallest absolute Gasteiger partial charge is 0.166 e. The molecule has 0 N–H and O–H groups in total. The van der Waals surface area contributed by atoms with E-state index in [1.807, 2.05) is 36.4 Å². The SMILES string of the molecule is O=CC(=Cc1ccccc1)N1CCCC1. The third-order valence-electron chi connectivity index (χ3n) is 2.71. The van der Waals surface area contributed by atoms with Crippen LogP contribution in [0.3, 0.4) is 0 Å². The lowest BCUT2D eigenvalue weighted by Gasteiger charge is -2.16. The standard InChI is InChI=1S/C13H15NO/c15-11-13(14-8-4-5-9-14)10-12-6-2-1-3-7-12/h1-3,6-7,10-11H,4-5,8-9H2. The van der Waals surface area contributed by atoms with Gasteiger partial charge in [0, 0.05) is 13.1 Å². The number of allylic oxidation sites excluding steroid dienone is 1. The fourth-order valence-electron chi connectivity index (χ4n) is 1.90. The maximum Gasteiger partial charge on any atom is 0.166 e. The van der Waals surface area contributed by atoms with E-state index in [0.717, 1.165) is 30.6 Å². The number of hydrogen-bond acceptors (Lipinski definition) is 2. The summed E-state index contributed by atoms with van der Waals surface area (Å²) >= 11 is 0. The molecule has 0 bridgehead atoms. The molecule has 2 nitrogen and oxygen atoms in total. The molecule has 0 amide bonds. The van der Waals surface area contributed by atoms with Gasteiger partial charge in [0.1, 0.15) is 0 Å². The van der Waals surface area contributed by atoms with Gasteiger partial charge in [0.25, 0.3) is 0 Å². The van der Waals surface area contributed by atoms with E-state index < -0.39 is 0 Å². The molecule has 1 aromatic rings. The Hall–Kier alpha value is -1.57. The lowest BCUT2D eigenvalue weighted by Crippen LogP contribution is -2.19. The van der Waals surface area contributed by atoms with Crippen LogP contribution < -0.4 is 0 Å². The number of nitrogens with zero attached hydrogens (tertiary/aromatic N) is 1. The lowest BCUT2D eigenvalue weighted by atomic mass is 10.2. The largest absolute Gasteiger partial charge is 0.369 e. The van der Waals surface area contributed by atoms with Crippen molar-refractivity contribution in [1.82, 2.24) is 4.90 Å². The number of benzene rings is 1. The Morgan fingerprint density at radius 2 is 1.80 bits per heavy atom. The first-order chi connectivity index (χ1) is 7.40. The summed E-state index contributed by atoms with van der Waals surface area (Å²) < 4.78 is 0. The summed E-state index contributed by atoms with van der Waals surface area (Å²) in [5.74, 6) is 0. The molecular weight excluding hydrogens is 186 g/mol. The van der Waals surface area contributed by atoms with Crippen molar-refractivity contribution in [1.29, 1.82) is 0 Å². The third kappa shape index (κ3) is 2.46. The lowest BCUT2D eigenvalue weighted by molar-refractivity contribution is -0.106. The maximum absolute atomic E-state index is 11.0. The van der Waals surface area contributed by atoms with Gasteiger partial charge in [-0.3, -0.25) is 4.79 Å². The molecule has 1 saturated heterocycles. The molecule has 1 heterocycles. The fourth-order valence-corrected chi connectivity index (χ4v) is 1.90. The summed E-state index contributed by atoms with van der Waals surface area (Å²) in [6, 6.07) is 9.98. The quantitative estimate of drug-likeness (QED) is 0.552. The second kappa shape index (κ2) is 4.78. The minimum absolute atomic E-state index is 0.804. The Morgan fingerprint density at radius 1 is 1.13 bits per heavy atom. The number of hydrogen-bond donors (Lipinski definition) is 0. The predicted octanol–water partition coefficient (Wildman–Crippen LogP) is 2.32. The maximum atomic E-state index is 11.0. The van der Waals surface area contributed by atoms with E-state index in [9.17, 15) is 4.79 Å². The van der Waals surface area contributed by atoms with E-state index in [1.54, 1.807) is 0 Å². The van der Waals surface area contributed by atoms with E-state index in [-0.39, 0.29) is 0 Å². The van der Waals surface area contributed by atoms with Crippen molar-refractivity contribution in [3.8, 4) is 0 Å². The highest BCUT2D eigenvalue weighted by molar-refractivity contribution is 5.80. The van der Waals surface area contributed by atoms with Crippen LogP contribution in [0, 0.1) is 0 Å². The molecule has 1 aliphatic rings. The van der Waals surface area contributed by atoms with Crippen LogP contribution in [-0.4, -0.2) is 24.3 Å². The van der Waals surface area contributed by atoms with Crippen molar-refractivity contribution in [2.24, 2.45) is 0 Å². The van der Waals surface area contributed by atoms with Crippen LogP contribution in [0.15, 0.2) is 36.0 Å². The summed E-state index contributed by atoms with van der Waals surface area (Å²) in [6.07, 6.45) is 5.30. The van der Waals surface area contributed by atoms with Crippen LogP contribution in [0.4, 0.5) is 0 Å². The zero-order valence-electron chi connectivity index (χ0n) is 8.73. The first kappa shape index (κ1) is 9.97. The summed E-state index contributed by atoms with van der Waals surface area (Å²) in [7, 11) is 0. The number of carbonyl (C=O) groups excluding carboxylic acids is 1. The molecule has 1 aliphatic heterocycles. The third-order valence-corrected chi connectivity index (χ3v) is 2.71. The van der Waals surface area contributed by atoms with Gasteiger partial charge in [0.15, 0.2) is 6.29 Å². The first-order valence-corrected chi connectivity index (χ1v) is 5.37. The highest BCUT2D eigenvalue weighted by atomic mass is 16.1. The predicted molar refractivity (Wildman–Crippen MR) is 61.3 cm³/mol. The van der Waals surface area contributed by atoms with Crippen molar-refractivity contribution >= 4 is 12.4 Å². The molecule has 78 valence electrons. The molecule has 0 radical (unpaired) electrons. The average Bonchev–Trinajstić information content (AvgIpc) is 2.81. The van der Waals surface area contributed by atoms with Crippen molar-refractivity contribution in [3.05, 3.63) is 41.6 Å². The number of carbonyl (C=O) groups is 1. The number of likely N-dealkylation sites (tertiary alicyclic amines) is 1. The monoisotopic (exact) mass is 201 g/mol. The number of aldehydes is 1. The van der Waals surface area contributed by atoms with Crippen molar-refractivity contribution < 1.29 is 4.79 Å². The Bertz CT molecular complexity index is 350. The second-order valence-electron chi connectivity index (χ2n) is 3.79. The van der Waals surface area contributed by atoms with Crippen LogP contribution in [0.5, 0.6) is 0 Å². The number of rotatable bonds is 3. The molecule has 1 aromatic carbocycles. The molecule has 2 heteroatoms. The first-order valence-electron chi connectivity index (χ1n) is 5.37. The van der Waals surface area contributed by atoms with Gasteiger partial charge in [-0.25, -0.2) is 0 Å². The van der Waals surface area contributed by atoms with Crippen LogP contribution >= 0.6 is 0 Å². The highest BCUT2D eigenvalue weighted by Gasteiger charge is 2.13. The van der Waals surface area contributed by atoms with Gasteiger partial charge in [0.05, 0.1) is 5.70 Å². The average molecular weight is 201 g/mol. The van der Waals surface area contributed by atoms with E-state index in [2.05, 4.69) is 4.90 Å². The molecule has 2 rings (SSSR count). The van der Waals surface area contributed by atoms with Crippen molar-refractivity contribution in [3.63, 3.8) is 0 Å². The minimum atomic E-state index is 0.804. The highest BCUT2D eigenvalue weighted by Crippen LogP contribution is 2.15. The zero-order chi connectivity index (χ0) is 10.5. The Balaban J connectivity index is 2.18. The molecule has 0 saturated carbocycles. The zero-order valence-corrected chi connectivity index (χ0v) is 8.73. The minimum Gasteiger partial charge on any atom is -0.369 e. The van der Waals surface area contributed by atoms with E-state index in [0.29, 0.717) is 0 Å². The molecular formula is C13H15NO. The Labute approximate surface area is 90.2 Å². The normalized spacial score (nSPS) is 16.8. The van der Waals surface area contributed by atoms with E-state index in [4.69, 9.17) is 0 Å². The van der Waals surface area contributed by atoms with Gasteiger partial charge in [-0.2, -0.15) is 0 Å². The topological polar surface area (TPSA) is 20.3 Å². The van der Waals surface area contributed by atoms with Gasteiger partial charge in [-0.15, -0.1) is 0 Å². The van der Waals surface area contributed by atoms with Gasteiger partial charge >= 0.3 is 0 Å².